The fourth-order valence-electron chi connectivity index (χ4n) is 2.49. The van der Waals surface area contributed by atoms with Crippen LogP contribution in [0.4, 0.5) is 23.7 Å². The maximum atomic E-state index is 12.6. The van der Waals surface area contributed by atoms with Crippen molar-refractivity contribution >= 4 is 22.6 Å². The van der Waals surface area contributed by atoms with Gasteiger partial charge in [-0.25, -0.2) is 4.79 Å². The molecule has 3 aromatic rings. The predicted octanol–water partition coefficient (Wildman–Crippen LogP) is 4.27. The molecule has 0 atom stereocenters. The van der Waals surface area contributed by atoms with Crippen molar-refractivity contribution in [2.75, 3.05) is 4.90 Å². The molecule has 4 nitrogen and oxygen atoms in total. The summed E-state index contributed by atoms with van der Waals surface area (Å²) in [6, 6.07) is 11.2. The van der Waals surface area contributed by atoms with Crippen LogP contribution in [0.3, 0.4) is 0 Å². The number of benzene rings is 2. The summed E-state index contributed by atoms with van der Waals surface area (Å²) >= 11 is 0. The molecule has 0 aliphatic heterocycles. The van der Waals surface area contributed by atoms with Crippen LogP contribution in [0, 0.1) is 0 Å². The SMILES string of the molecule is NC(=O)N(Cc1ccc(C(F)(F)F)cc1)c1ccc2[nH]ccc2c1. The summed E-state index contributed by atoms with van der Waals surface area (Å²) < 4.78 is 37.8. The number of urea groups is 1. The largest absolute Gasteiger partial charge is 0.416 e. The lowest BCUT2D eigenvalue weighted by atomic mass is 10.1. The van der Waals surface area contributed by atoms with E-state index in [1.165, 1.54) is 17.0 Å². The van der Waals surface area contributed by atoms with E-state index in [-0.39, 0.29) is 6.54 Å². The number of carbonyl (C=O) groups excluding carboxylic acids is 1. The van der Waals surface area contributed by atoms with E-state index in [1.54, 1.807) is 18.3 Å². The Balaban J connectivity index is 1.87. The summed E-state index contributed by atoms with van der Waals surface area (Å²) in [4.78, 5) is 16.1. The number of fused-ring (bicyclic) bond motifs is 1. The molecule has 1 aromatic heterocycles. The molecule has 1 heterocycles. The Kier molecular flexibility index (Phi) is 3.92. The van der Waals surface area contributed by atoms with Crippen molar-refractivity contribution in [2.45, 2.75) is 12.7 Å². The van der Waals surface area contributed by atoms with Gasteiger partial charge in [-0.2, -0.15) is 13.2 Å². The molecule has 24 heavy (non-hydrogen) atoms. The number of halogens is 3. The third-order valence-electron chi connectivity index (χ3n) is 3.74. The number of amides is 2. The molecule has 0 aliphatic carbocycles. The minimum atomic E-state index is -4.39. The molecule has 124 valence electrons. The number of rotatable bonds is 3. The standard InChI is InChI=1S/C17H14F3N3O/c18-17(19,20)13-3-1-11(2-4-13)10-23(16(21)24)14-5-6-15-12(9-14)7-8-22-15/h1-9,22H,10H2,(H2,21,24). The van der Waals surface area contributed by atoms with Crippen molar-refractivity contribution < 1.29 is 18.0 Å². The maximum Gasteiger partial charge on any atom is 0.416 e. The zero-order chi connectivity index (χ0) is 17.3. The molecular formula is C17H14F3N3O. The molecule has 2 amide bonds. The van der Waals surface area contributed by atoms with Crippen LogP contribution in [0.15, 0.2) is 54.7 Å². The van der Waals surface area contributed by atoms with Crippen molar-refractivity contribution in [3.05, 3.63) is 65.9 Å². The highest BCUT2D eigenvalue weighted by molar-refractivity contribution is 5.93. The summed E-state index contributed by atoms with van der Waals surface area (Å²) in [5, 5.41) is 0.908. The zero-order valence-corrected chi connectivity index (χ0v) is 12.5. The Labute approximate surface area is 135 Å². The average Bonchev–Trinajstić information content (AvgIpc) is 2.99. The Hall–Kier alpha value is -2.96. The maximum absolute atomic E-state index is 12.6. The third kappa shape index (κ3) is 3.19. The number of aromatic nitrogens is 1. The Morgan fingerprint density at radius 2 is 1.79 bits per heavy atom. The molecule has 2 aromatic carbocycles. The van der Waals surface area contributed by atoms with Gasteiger partial charge in [-0.15, -0.1) is 0 Å². The number of hydrogen-bond donors (Lipinski definition) is 2. The van der Waals surface area contributed by atoms with E-state index in [1.807, 2.05) is 12.1 Å². The molecule has 0 fully saturated rings. The monoisotopic (exact) mass is 333 g/mol. The molecule has 3 rings (SSSR count). The van der Waals surface area contributed by atoms with E-state index >= 15 is 0 Å². The highest BCUT2D eigenvalue weighted by atomic mass is 19.4. The highest BCUT2D eigenvalue weighted by Crippen LogP contribution is 2.29. The highest BCUT2D eigenvalue weighted by Gasteiger charge is 2.30. The van der Waals surface area contributed by atoms with E-state index in [0.717, 1.165) is 23.0 Å². The van der Waals surface area contributed by atoms with E-state index in [9.17, 15) is 18.0 Å². The van der Waals surface area contributed by atoms with Gasteiger partial charge in [0.25, 0.3) is 0 Å². The number of nitrogens with two attached hydrogens (primary N) is 1. The molecule has 0 saturated heterocycles. The minimum Gasteiger partial charge on any atom is -0.361 e. The van der Waals surface area contributed by atoms with Gasteiger partial charge in [0.05, 0.1) is 12.1 Å². The summed E-state index contributed by atoms with van der Waals surface area (Å²) in [6.45, 7) is 0.0867. The van der Waals surface area contributed by atoms with Gasteiger partial charge in [0, 0.05) is 22.8 Å². The smallest absolute Gasteiger partial charge is 0.361 e. The molecule has 0 spiro atoms. The van der Waals surface area contributed by atoms with Gasteiger partial charge in [-0.05, 0) is 42.0 Å². The third-order valence-corrected chi connectivity index (χ3v) is 3.74. The predicted molar refractivity (Wildman–Crippen MR) is 85.5 cm³/mol. The average molecular weight is 333 g/mol. The van der Waals surface area contributed by atoms with E-state index in [2.05, 4.69) is 4.98 Å². The number of nitrogens with zero attached hydrogens (tertiary/aromatic N) is 1. The summed E-state index contributed by atoms with van der Waals surface area (Å²) in [5.74, 6) is 0. The van der Waals surface area contributed by atoms with Crippen LogP contribution in [0.25, 0.3) is 10.9 Å². The number of aromatic amines is 1. The minimum absolute atomic E-state index is 0.0867. The number of anilines is 1. The Morgan fingerprint density at radius 3 is 2.42 bits per heavy atom. The Morgan fingerprint density at radius 1 is 1.08 bits per heavy atom. The molecule has 0 radical (unpaired) electrons. The van der Waals surface area contributed by atoms with Crippen LogP contribution in [-0.2, 0) is 12.7 Å². The molecule has 3 N–H and O–H groups in total. The zero-order valence-electron chi connectivity index (χ0n) is 12.5. The molecule has 7 heteroatoms. The second-order valence-corrected chi connectivity index (χ2v) is 5.37. The molecule has 0 saturated carbocycles. The van der Waals surface area contributed by atoms with Crippen molar-refractivity contribution in [2.24, 2.45) is 5.73 Å². The topological polar surface area (TPSA) is 62.1 Å². The molecular weight excluding hydrogens is 319 g/mol. The first kappa shape index (κ1) is 15.9. The Bertz CT molecular complexity index is 869. The lowest BCUT2D eigenvalue weighted by molar-refractivity contribution is -0.137. The van der Waals surface area contributed by atoms with Gasteiger partial charge in [0.2, 0.25) is 0 Å². The number of alkyl halides is 3. The van der Waals surface area contributed by atoms with Gasteiger partial charge in [-0.3, -0.25) is 4.90 Å². The normalized spacial score (nSPS) is 11.6. The van der Waals surface area contributed by atoms with Crippen molar-refractivity contribution in [1.82, 2.24) is 4.98 Å². The number of hydrogen-bond acceptors (Lipinski definition) is 1. The van der Waals surface area contributed by atoms with E-state index in [4.69, 9.17) is 5.73 Å². The number of carbonyl (C=O) groups is 1. The fraction of sp³-hybridized carbons (Fsp3) is 0.118. The van der Waals surface area contributed by atoms with Crippen molar-refractivity contribution in [3.8, 4) is 0 Å². The van der Waals surface area contributed by atoms with Gasteiger partial charge in [-0.1, -0.05) is 12.1 Å². The van der Waals surface area contributed by atoms with Crippen LogP contribution in [0.5, 0.6) is 0 Å². The van der Waals surface area contributed by atoms with Crippen molar-refractivity contribution in [3.63, 3.8) is 0 Å². The quantitative estimate of drug-likeness (QED) is 0.739. The first-order valence-corrected chi connectivity index (χ1v) is 7.15. The van der Waals surface area contributed by atoms with Gasteiger partial charge in [0.1, 0.15) is 0 Å². The second kappa shape index (κ2) is 5.92. The summed E-state index contributed by atoms with van der Waals surface area (Å²) in [5.41, 5.74) is 6.75. The van der Waals surface area contributed by atoms with Crippen LogP contribution in [0.1, 0.15) is 11.1 Å². The lowest BCUT2D eigenvalue weighted by Gasteiger charge is -2.21. The van der Waals surface area contributed by atoms with E-state index in [0.29, 0.717) is 11.3 Å². The number of nitrogens with one attached hydrogen (secondary N) is 1. The number of H-pyrrole nitrogens is 1. The lowest BCUT2D eigenvalue weighted by Crippen LogP contribution is -2.35. The number of primary amides is 1. The summed E-state index contributed by atoms with van der Waals surface area (Å²) in [6.07, 6.45) is -2.61. The molecule has 0 unspecified atom stereocenters. The molecule has 0 aliphatic rings. The first-order chi connectivity index (χ1) is 11.3. The van der Waals surface area contributed by atoms with Gasteiger partial charge >= 0.3 is 12.2 Å². The van der Waals surface area contributed by atoms with Crippen molar-refractivity contribution in [1.29, 1.82) is 0 Å². The first-order valence-electron chi connectivity index (χ1n) is 7.15. The second-order valence-electron chi connectivity index (χ2n) is 5.37. The summed E-state index contributed by atoms with van der Waals surface area (Å²) in [7, 11) is 0. The van der Waals surface area contributed by atoms with Crippen LogP contribution in [0.2, 0.25) is 0 Å². The fourth-order valence-corrected chi connectivity index (χ4v) is 2.49. The van der Waals surface area contributed by atoms with Crippen LogP contribution in [-0.4, -0.2) is 11.0 Å². The van der Waals surface area contributed by atoms with E-state index < -0.39 is 17.8 Å². The van der Waals surface area contributed by atoms with Crippen LogP contribution >= 0.6 is 0 Å². The van der Waals surface area contributed by atoms with Gasteiger partial charge < -0.3 is 10.7 Å². The molecule has 0 bridgehead atoms. The van der Waals surface area contributed by atoms with Gasteiger partial charge in [0.15, 0.2) is 0 Å². The van der Waals surface area contributed by atoms with Crippen LogP contribution < -0.4 is 10.6 Å².